The molecular weight excluding hydrogens is 140 g/mol. The number of hydrogen-bond donors (Lipinski definition) is 1. The molecule has 58 valence electrons. The number of epoxide rings is 1. The van der Waals surface area contributed by atoms with E-state index in [1.807, 2.05) is 30.3 Å². The van der Waals surface area contributed by atoms with E-state index in [-0.39, 0.29) is 18.8 Å². The molecule has 1 heterocycles. The normalized spacial score (nSPS) is 28.5. The molecule has 11 heavy (non-hydrogen) atoms. The van der Waals surface area contributed by atoms with E-state index in [1.165, 1.54) is 0 Å². The Hall–Kier alpha value is -0.860. The first-order chi connectivity index (χ1) is 5.42. The molecule has 0 bridgehead atoms. The van der Waals surface area contributed by atoms with Crippen molar-refractivity contribution in [2.45, 2.75) is 12.2 Å². The summed E-state index contributed by atoms with van der Waals surface area (Å²) in [5.74, 6) is 0. The van der Waals surface area contributed by atoms with Crippen LogP contribution in [0.25, 0.3) is 0 Å². The quantitative estimate of drug-likeness (QED) is 0.641. The lowest BCUT2D eigenvalue weighted by Gasteiger charge is -1.91. The van der Waals surface area contributed by atoms with Gasteiger partial charge in [0.2, 0.25) is 0 Å². The fourth-order valence-electron chi connectivity index (χ4n) is 1.22. The third-order valence-corrected chi connectivity index (χ3v) is 1.89. The fourth-order valence-corrected chi connectivity index (χ4v) is 1.22. The summed E-state index contributed by atoms with van der Waals surface area (Å²) in [6, 6.07) is 9.96. The Labute approximate surface area is 65.4 Å². The summed E-state index contributed by atoms with van der Waals surface area (Å²) in [5, 5.41) is 8.71. The Morgan fingerprint density at radius 2 is 2.00 bits per heavy atom. The van der Waals surface area contributed by atoms with Crippen molar-refractivity contribution >= 4 is 0 Å². The van der Waals surface area contributed by atoms with Crippen molar-refractivity contribution in [3.05, 3.63) is 35.9 Å². The maximum Gasteiger partial charge on any atom is 0.112 e. The van der Waals surface area contributed by atoms with Gasteiger partial charge in [-0.05, 0) is 5.56 Å². The van der Waals surface area contributed by atoms with Crippen LogP contribution in [-0.2, 0) is 4.74 Å². The Balaban J connectivity index is 2.09. The number of benzene rings is 1. The molecule has 0 saturated carbocycles. The van der Waals surface area contributed by atoms with Gasteiger partial charge in [0.15, 0.2) is 0 Å². The molecule has 1 N–H and O–H groups in total. The fraction of sp³-hybridized carbons (Fsp3) is 0.333. The highest BCUT2D eigenvalue weighted by atomic mass is 16.6. The van der Waals surface area contributed by atoms with Crippen LogP contribution in [0, 0.1) is 0 Å². The molecule has 1 saturated heterocycles. The van der Waals surface area contributed by atoms with Crippen LogP contribution in [0.5, 0.6) is 0 Å². The van der Waals surface area contributed by atoms with E-state index in [2.05, 4.69) is 0 Å². The molecule has 1 aliphatic heterocycles. The van der Waals surface area contributed by atoms with E-state index in [1.54, 1.807) is 0 Å². The zero-order valence-corrected chi connectivity index (χ0v) is 6.10. The maximum absolute atomic E-state index is 8.71. The van der Waals surface area contributed by atoms with E-state index in [0.717, 1.165) is 5.56 Å². The van der Waals surface area contributed by atoms with Crippen molar-refractivity contribution in [2.24, 2.45) is 0 Å². The second kappa shape index (κ2) is 2.64. The highest BCUT2D eigenvalue weighted by Gasteiger charge is 2.39. The minimum Gasteiger partial charge on any atom is -0.394 e. The van der Waals surface area contributed by atoms with Crippen LogP contribution in [-0.4, -0.2) is 17.8 Å². The molecule has 2 nitrogen and oxygen atoms in total. The first-order valence-corrected chi connectivity index (χ1v) is 3.73. The first kappa shape index (κ1) is 6.83. The Morgan fingerprint density at radius 1 is 1.27 bits per heavy atom. The molecule has 0 aliphatic carbocycles. The summed E-state index contributed by atoms with van der Waals surface area (Å²) >= 11 is 0. The van der Waals surface area contributed by atoms with E-state index in [9.17, 15) is 0 Å². The van der Waals surface area contributed by atoms with Crippen LogP contribution >= 0.6 is 0 Å². The van der Waals surface area contributed by atoms with Gasteiger partial charge in [0, 0.05) is 0 Å². The summed E-state index contributed by atoms with van der Waals surface area (Å²) < 4.78 is 5.20. The highest BCUT2D eigenvalue weighted by molar-refractivity contribution is 5.22. The molecule has 1 unspecified atom stereocenters. The number of hydrogen-bond acceptors (Lipinski definition) is 2. The van der Waals surface area contributed by atoms with Crippen molar-refractivity contribution in [1.29, 1.82) is 0 Å². The summed E-state index contributed by atoms with van der Waals surface area (Å²) in [7, 11) is 0. The highest BCUT2D eigenvalue weighted by Crippen LogP contribution is 2.37. The van der Waals surface area contributed by atoms with Gasteiger partial charge in [-0.3, -0.25) is 0 Å². The molecule has 2 rings (SSSR count). The van der Waals surface area contributed by atoms with Gasteiger partial charge in [0.1, 0.15) is 12.2 Å². The molecule has 0 aromatic heterocycles. The van der Waals surface area contributed by atoms with Crippen LogP contribution in [0.2, 0.25) is 0 Å². The van der Waals surface area contributed by atoms with E-state index < -0.39 is 0 Å². The molecule has 2 atom stereocenters. The van der Waals surface area contributed by atoms with E-state index in [0.29, 0.717) is 0 Å². The van der Waals surface area contributed by atoms with Crippen molar-refractivity contribution in [1.82, 2.24) is 0 Å². The van der Waals surface area contributed by atoms with Crippen molar-refractivity contribution in [3.8, 4) is 0 Å². The molecule has 2 heteroatoms. The largest absolute Gasteiger partial charge is 0.394 e. The SMILES string of the molecule is OCC1O[C@H]1c1ccccc1. The van der Waals surface area contributed by atoms with Gasteiger partial charge in [-0.2, -0.15) is 0 Å². The Kier molecular flexibility index (Phi) is 1.64. The summed E-state index contributed by atoms with van der Waals surface area (Å²) in [4.78, 5) is 0. The topological polar surface area (TPSA) is 32.8 Å². The van der Waals surface area contributed by atoms with Crippen molar-refractivity contribution in [2.75, 3.05) is 6.61 Å². The third kappa shape index (κ3) is 1.27. The third-order valence-electron chi connectivity index (χ3n) is 1.89. The van der Waals surface area contributed by atoms with Crippen LogP contribution in [0.1, 0.15) is 11.7 Å². The molecule has 1 fully saturated rings. The Morgan fingerprint density at radius 3 is 2.55 bits per heavy atom. The van der Waals surface area contributed by atoms with Crippen molar-refractivity contribution < 1.29 is 9.84 Å². The molecule has 1 aromatic carbocycles. The zero-order chi connectivity index (χ0) is 7.68. The number of rotatable bonds is 2. The average Bonchev–Trinajstić information content (AvgIpc) is 2.85. The molecular formula is C9H10O2. The van der Waals surface area contributed by atoms with Gasteiger partial charge in [0.25, 0.3) is 0 Å². The molecule has 1 aromatic rings. The second-order valence-electron chi connectivity index (χ2n) is 2.69. The minimum atomic E-state index is 0.0393. The molecule has 0 spiro atoms. The van der Waals surface area contributed by atoms with Gasteiger partial charge in [0.05, 0.1) is 6.61 Å². The van der Waals surface area contributed by atoms with E-state index in [4.69, 9.17) is 9.84 Å². The molecule has 0 radical (unpaired) electrons. The predicted octanol–water partition coefficient (Wildman–Crippen LogP) is 1.12. The molecule has 0 amide bonds. The number of aliphatic hydroxyl groups is 1. The van der Waals surface area contributed by atoms with Gasteiger partial charge in [-0.1, -0.05) is 30.3 Å². The first-order valence-electron chi connectivity index (χ1n) is 3.73. The smallest absolute Gasteiger partial charge is 0.112 e. The number of ether oxygens (including phenoxy) is 1. The van der Waals surface area contributed by atoms with Gasteiger partial charge in [-0.15, -0.1) is 0 Å². The summed E-state index contributed by atoms with van der Waals surface area (Å²) in [5.41, 5.74) is 1.16. The lowest BCUT2D eigenvalue weighted by Crippen LogP contribution is -1.93. The van der Waals surface area contributed by atoms with Crippen LogP contribution in [0.15, 0.2) is 30.3 Å². The standard InChI is InChI=1S/C9H10O2/c10-6-8-9(11-8)7-4-2-1-3-5-7/h1-5,8-10H,6H2/t8?,9-/m0/s1. The monoisotopic (exact) mass is 150 g/mol. The zero-order valence-electron chi connectivity index (χ0n) is 6.10. The van der Waals surface area contributed by atoms with Crippen LogP contribution in [0.4, 0.5) is 0 Å². The maximum atomic E-state index is 8.71. The lowest BCUT2D eigenvalue weighted by molar-refractivity contribution is 0.242. The summed E-state index contributed by atoms with van der Waals surface area (Å²) in [6.07, 6.45) is 0.179. The average molecular weight is 150 g/mol. The van der Waals surface area contributed by atoms with Gasteiger partial charge < -0.3 is 9.84 Å². The predicted molar refractivity (Wildman–Crippen MR) is 41.1 cm³/mol. The Bertz CT molecular complexity index is 233. The lowest BCUT2D eigenvalue weighted by atomic mass is 10.1. The second-order valence-corrected chi connectivity index (χ2v) is 2.69. The van der Waals surface area contributed by atoms with Crippen LogP contribution in [0.3, 0.4) is 0 Å². The van der Waals surface area contributed by atoms with Crippen molar-refractivity contribution in [3.63, 3.8) is 0 Å². The van der Waals surface area contributed by atoms with Gasteiger partial charge >= 0.3 is 0 Å². The van der Waals surface area contributed by atoms with E-state index >= 15 is 0 Å². The number of aliphatic hydroxyl groups excluding tert-OH is 1. The van der Waals surface area contributed by atoms with Gasteiger partial charge in [-0.25, -0.2) is 0 Å². The van der Waals surface area contributed by atoms with Crippen LogP contribution < -0.4 is 0 Å². The summed E-state index contributed by atoms with van der Waals surface area (Å²) in [6.45, 7) is 0.125. The minimum absolute atomic E-state index is 0.0393. The molecule has 1 aliphatic rings.